The highest BCUT2D eigenvalue weighted by Gasteiger charge is 2.10. The van der Waals surface area contributed by atoms with Crippen LogP contribution in [0.25, 0.3) is 22.3 Å². The first-order valence-electron chi connectivity index (χ1n) is 9.29. The van der Waals surface area contributed by atoms with Crippen molar-refractivity contribution in [3.63, 3.8) is 0 Å². The summed E-state index contributed by atoms with van der Waals surface area (Å²) in [5, 5.41) is 6.38. The highest BCUT2D eigenvalue weighted by Crippen LogP contribution is 2.32. The summed E-state index contributed by atoms with van der Waals surface area (Å²) in [5.41, 5.74) is 6.83. The largest absolute Gasteiger partial charge is 0.493 e. The van der Waals surface area contributed by atoms with Crippen LogP contribution >= 0.6 is 0 Å². The molecule has 0 amide bonds. The smallest absolute Gasteiger partial charge is 0.161 e. The van der Waals surface area contributed by atoms with Crippen LogP contribution in [0.4, 0.5) is 5.69 Å². The molecule has 5 heteroatoms. The zero-order valence-corrected chi connectivity index (χ0v) is 16.6. The maximum Gasteiger partial charge on any atom is 0.161 e. The predicted molar refractivity (Wildman–Crippen MR) is 115 cm³/mol. The molecule has 0 radical (unpaired) electrons. The summed E-state index contributed by atoms with van der Waals surface area (Å²) in [6.45, 7) is 2.05. The second kappa shape index (κ2) is 8.10. The van der Waals surface area contributed by atoms with Gasteiger partial charge in [-0.05, 0) is 49.4 Å². The maximum absolute atomic E-state index is 6.18. The quantitative estimate of drug-likeness (QED) is 0.470. The average molecular weight is 386 g/mol. The number of nitrogens with zero attached hydrogens (tertiary/aromatic N) is 1. The fourth-order valence-corrected chi connectivity index (χ4v) is 3.14. The number of benzene rings is 3. The monoisotopic (exact) mass is 386 g/mol. The molecular weight excluding hydrogens is 364 g/mol. The Balaban J connectivity index is 1.87. The Bertz CT molecular complexity index is 1210. The summed E-state index contributed by atoms with van der Waals surface area (Å²) in [4.78, 5) is 0. The highest BCUT2D eigenvalue weighted by molar-refractivity contribution is 5.79. The third-order valence-electron chi connectivity index (χ3n) is 4.65. The number of aryl methyl sites for hydroxylation is 1. The van der Waals surface area contributed by atoms with Gasteiger partial charge in [0.2, 0.25) is 0 Å². The van der Waals surface area contributed by atoms with E-state index in [9.17, 15) is 0 Å². The summed E-state index contributed by atoms with van der Waals surface area (Å²) in [7, 11) is 3.24. The maximum atomic E-state index is 6.18. The molecule has 1 heterocycles. The normalized spacial score (nSPS) is 11.5. The summed E-state index contributed by atoms with van der Waals surface area (Å²) in [5.74, 6) is 2.00. The molecular formula is C24H22N2O3. The molecule has 0 bridgehead atoms. The van der Waals surface area contributed by atoms with Gasteiger partial charge in [0.05, 0.1) is 25.3 Å². The Hall–Kier alpha value is -3.73. The van der Waals surface area contributed by atoms with E-state index in [1.165, 1.54) is 0 Å². The lowest BCUT2D eigenvalue weighted by molar-refractivity contribution is 0.355. The van der Waals surface area contributed by atoms with E-state index >= 15 is 0 Å². The fraction of sp³-hybridized carbons (Fsp3) is 0.125. The van der Waals surface area contributed by atoms with E-state index in [-0.39, 0.29) is 0 Å². The van der Waals surface area contributed by atoms with Gasteiger partial charge in [-0.15, -0.1) is 0 Å². The van der Waals surface area contributed by atoms with E-state index < -0.39 is 0 Å². The third-order valence-corrected chi connectivity index (χ3v) is 4.65. The van der Waals surface area contributed by atoms with Gasteiger partial charge in [-0.3, -0.25) is 5.43 Å². The number of rotatable bonds is 5. The van der Waals surface area contributed by atoms with Gasteiger partial charge in [0.1, 0.15) is 11.3 Å². The number of fused-ring (bicyclic) bond motifs is 1. The van der Waals surface area contributed by atoms with Crippen molar-refractivity contribution in [2.75, 3.05) is 19.6 Å². The minimum atomic E-state index is 0.644. The molecule has 4 rings (SSSR count). The first-order chi connectivity index (χ1) is 14.2. The van der Waals surface area contributed by atoms with Crippen LogP contribution in [0.15, 0.2) is 82.3 Å². The van der Waals surface area contributed by atoms with Crippen molar-refractivity contribution in [1.82, 2.24) is 0 Å². The van der Waals surface area contributed by atoms with E-state index in [1.54, 1.807) is 14.2 Å². The van der Waals surface area contributed by atoms with Crippen LogP contribution in [0.2, 0.25) is 0 Å². The van der Waals surface area contributed by atoms with E-state index in [1.807, 2.05) is 66.7 Å². The number of anilines is 1. The predicted octanol–water partition coefficient (Wildman–Crippen LogP) is 5.35. The van der Waals surface area contributed by atoms with Crippen molar-refractivity contribution in [2.24, 2.45) is 5.10 Å². The Kier molecular flexibility index (Phi) is 5.20. The number of nitrogens with one attached hydrogen (secondary N) is 1. The molecule has 0 saturated heterocycles. The standard InChI is InChI=1S/C24H22N2O3/c1-16-9-11-21-19(13-16)20(26-25-18-7-5-4-6-8-18)15-23(29-21)17-10-12-22(27-2)24(14-17)28-3/h4-15,25H,1-3H3/b26-20+. The van der Waals surface area contributed by atoms with Gasteiger partial charge in [-0.2, -0.15) is 5.10 Å². The molecule has 1 aromatic heterocycles. The van der Waals surface area contributed by atoms with Gasteiger partial charge in [0.25, 0.3) is 0 Å². The molecule has 0 aliphatic rings. The summed E-state index contributed by atoms with van der Waals surface area (Å²) in [6.07, 6.45) is 0. The van der Waals surface area contributed by atoms with Crippen LogP contribution in [-0.2, 0) is 0 Å². The lowest BCUT2D eigenvalue weighted by atomic mass is 10.1. The number of methoxy groups -OCH3 is 2. The SMILES string of the molecule is COc1ccc(-c2c/c(=N\Nc3ccccc3)c3cc(C)ccc3o2)cc1OC. The summed E-state index contributed by atoms with van der Waals surface area (Å²) in [6, 6.07) is 23.5. The van der Waals surface area contributed by atoms with Gasteiger partial charge < -0.3 is 13.9 Å². The number of ether oxygens (including phenoxy) is 2. The third kappa shape index (κ3) is 3.94. The van der Waals surface area contributed by atoms with Gasteiger partial charge in [-0.1, -0.05) is 29.8 Å². The van der Waals surface area contributed by atoms with Crippen molar-refractivity contribution in [2.45, 2.75) is 6.92 Å². The molecule has 29 heavy (non-hydrogen) atoms. The molecule has 4 aromatic rings. The zero-order chi connectivity index (χ0) is 20.2. The van der Waals surface area contributed by atoms with Crippen LogP contribution in [0.3, 0.4) is 0 Å². The van der Waals surface area contributed by atoms with Gasteiger partial charge in [-0.25, -0.2) is 0 Å². The van der Waals surface area contributed by atoms with Crippen LogP contribution in [-0.4, -0.2) is 14.2 Å². The molecule has 0 aliphatic carbocycles. The average Bonchev–Trinajstić information content (AvgIpc) is 2.77. The zero-order valence-electron chi connectivity index (χ0n) is 16.6. The van der Waals surface area contributed by atoms with Gasteiger partial charge >= 0.3 is 0 Å². The minimum absolute atomic E-state index is 0.644. The molecule has 0 unspecified atom stereocenters. The molecule has 0 spiro atoms. The molecule has 3 aromatic carbocycles. The molecule has 5 nitrogen and oxygen atoms in total. The van der Waals surface area contributed by atoms with E-state index in [0.29, 0.717) is 17.3 Å². The number of para-hydroxylation sites is 1. The minimum Gasteiger partial charge on any atom is -0.493 e. The molecule has 0 saturated carbocycles. The number of hydrogen-bond donors (Lipinski definition) is 1. The molecule has 1 N–H and O–H groups in total. The van der Waals surface area contributed by atoms with Crippen molar-refractivity contribution < 1.29 is 13.9 Å². The van der Waals surface area contributed by atoms with Crippen LogP contribution in [0.5, 0.6) is 11.5 Å². The van der Waals surface area contributed by atoms with Crippen molar-refractivity contribution in [3.8, 4) is 22.8 Å². The topological polar surface area (TPSA) is 56.0 Å². The highest BCUT2D eigenvalue weighted by atomic mass is 16.5. The van der Waals surface area contributed by atoms with Crippen molar-refractivity contribution >= 4 is 16.7 Å². The van der Waals surface area contributed by atoms with Crippen LogP contribution < -0.4 is 20.3 Å². The molecule has 0 fully saturated rings. The Morgan fingerprint density at radius 3 is 2.38 bits per heavy atom. The van der Waals surface area contributed by atoms with Crippen molar-refractivity contribution in [1.29, 1.82) is 0 Å². The van der Waals surface area contributed by atoms with Crippen LogP contribution in [0, 0.1) is 6.92 Å². The summed E-state index contributed by atoms with van der Waals surface area (Å²) < 4.78 is 17.0. The van der Waals surface area contributed by atoms with Crippen molar-refractivity contribution in [3.05, 3.63) is 83.7 Å². The second-order valence-electron chi connectivity index (χ2n) is 6.65. The molecule has 0 atom stereocenters. The fourth-order valence-electron chi connectivity index (χ4n) is 3.14. The van der Waals surface area contributed by atoms with Gasteiger partial charge in [0, 0.05) is 17.0 Å². The second-order valence-corrected chi connectivity index (χ2v) is 6.65. The Morgan fingerprint density at radius 1 is 0.828 bits per heavy atom. The van der Waals surface area contributed by atoms with E-state index in [4.69, 9.17) is 13.9 Å². The lowest BCUT2D eigenvalue weighted by Crippen LogP contribution is -2.07. The first kappa shape index (κ1) is 18.6. The van der Waals surface area contributed by atoms with E-state index in [0.717, 1.165) is 33.1 Å². The molecule has 146 valence electrons. The van der Waals surface area contributed by atoms with Crippen LogP contribution in [0.1, 0.15) is 5.56 Å². The van der Waals surface area contributed by atoms with E-state index in [2.05, 4.69) is 23.5 Å². The lowest BCUT2D eigenvalue weighted by Gasteiger charge is -2.10. The Morgan fingerprint density at radius 2 is 1.62 bits per heavy atom. The first-order valence-corrected chi connectivity index (χ1v) is 9.29. The Labute approximate surface area is 169 Å². The summed E-state index contributed by atoms with van der Waals surface area (Å²) >= 11 is 0. The molecule has 0 aliphatic heterocycles. The number of hydrogen-bond acceptors (Lipinski definition) is 5. The van der Waals surface area contributed by atoms with Gasteiger partial charge in [0.15, 0.2) is 11.5 Å².